The van der Waals surface area contributed by atoms with Gasteiger partial charge in [-0.3, -0.25) is 24.0 Å². The number of hydrogen-bond donors (Lipinski definition) is 5. The number of benzene rings is 3. The van der Waals surface area contributed by atoms with Crippen LogP contribution < -0.4 is 35.5 Å². The van der Waals surface area contributed by atoms with E-state index in [1.54, 1.807) is 48.7 Å². The van der Waals surface area contributed by atoms with Gasteiger partial charge in [0.2, 0.25) is 23.6 Å². The number of rotatable bonds is 8. The second-order valence-corrected chi connectivity index (χ2v) is 14.0. The number of para-hydroxylation sites is 2. The Hall–Kier alpha value is -6.09. The zero-order valence-electron chi connectivity index (χ0n) is 31.7. The van der Waals surface area contributed by atoms with Gasteiger partial charge in [-0.2, -0.15) is 0 Å². The molecule has 3 aromatic carbocycles. The average molecular weight is 769 g/mol. The van der Waals surface area contributed by atoms with Crippen LogP contribution in [0.2, 0.25) is 0 Å². The van der Waals surface area contributed by atoms with Gasteiger partial charge in [0, 0.05) is 43.6 Å². The fraction of sp³-hybridized carbons (Fsp3) is 0.390. The molecule has 15 heteroatoms. The van der Waals surface area contributed by atoms with Gasteiger partial charge in [0.1, 0.15) is 43.7 Å². The molecule has 3 atom stereocenters. The highest BCUT2D eigenvalue weighted by Gasteiger charge is 2.33. The maximum atomic E-state index is 14.6. The topological polar surface area (TPSA) is 189 Å². The van der Waals surface area contributed by atoms with Gasteiger partial charge >= 0.3 is 0 Å². The van der Waals surface area contributed by atoms with Crippen LogP contribution in [0.3, 0.4) is 0 Å². The van der Waals surface area contributed by atoms with Crippen molar-refractivity contribution in [3.63, 3.8) is 0 Å². The molecule has 3 aliphatic rings. The predicted octanol–water partition coefficient (Wildman–Crippen LogP) is 2.13. The smallest absolute Gasteiger partial charge is 0.255 e. The molecule has 7 rings (SSSR count). The molecule has 0 aliphatic carbocycles. The lowest BCUT2D eigenvalue weighted by atomic mass is 10.0. The van der Waals surface area contributed by atoms with Crippen LogP contribution in [0.25, 0.3) is 10.9 Å². The highest BCUT2D eigenvalue weighted by atomic mass is 16.6. The van der Waals surface area contributed by atoms with E-state index in [9.17, 15) is 24.0 Å². The zero-order chi connectivity index (χ0) is 39.6. The number of hydrogen-bond acceptors (Lipinski definition) is 9. The number of aromatic amines is 1. The van der Waals surface area contributed by atoms with Gasteiger partial charge in [-0.05, 0) is 47.4 Å². The van der Waals surface area contributed by atoms with Crippen molar-refractivity contribution in [2.75, 3.05) is 53.2 Å². The molecule has 0 fully saturated rings. The summed E-state index contributed by atoms with van der Waals surface area (Å²) in [6.45, 7) is 4.27. The highest BCUT2D eigenvalue weighted by Crippen LogP contribution is 2.33. The van der Waals surface area contributed by atoms with Crippen LogP contribution in [0, 0.1) is 5.92 Å². The van der Waals surface area contributed by atoms with Crippen LogP contribution in [-0.4, -0.2) is 111 Å². The number of ether oxygens (including phenoxy) is 4. The number of H-pyrrole nitrogens is 1. The number of carbonyl (C=O) groups excluding carboxylic acids is 5. The second kappa shape index (κ2) is 18.5. The third-order valence-electron chi connectivity index (χ3n) is 9.66. The van der Waals surface area contributed by atoms with Crippen LogP contribution in [-0.2, 0) is 36.8 Å². The maximum absolute atomic E-state index is 14.6. The van der Waals surface area contributed by atoms with Crippen LogP contribution in [0.4, 0.5) is 0 Å². The maximum Gasteiger partial charge on any atom is 0.255 e. The Labute approximate surface area is 324 Å². The summed E-state index contributed by atoms with van der Waals surface area (Å²) in [5.74, 6) is -1.73. The lowest BCUT2D eigenvalue weighted by Crippen LogP contribution is -2.58. The molecule has 4 heterocycles. The SMILES string of the molecule is COCCN1CC(=O)N[C@@H](C(C)C)C(=O)NCCOc2ccc(cc2)C[C@H](NC(=O)c2cccc3c2OCCO3)C(=O)N[C@@H](Cc2c[nH]c3ccccc23)C1=O. The van der Waals surface area contributed by atoms with E-state index in [4.69, 9.17) is 18.9 Å². The van der Waals surface area contributed by atoms with Crippen LogP contribution in [0.1, 0.15) is 35.3 Å². The lowest BCUT2D eigenvalue weighted by molar-refractivity contribution is -0.141. The molecule has 0 spiro atoms. The van der Waals surface area contributed by atoms with Crippen LogP contribution in [0.15, 0.2) is 72.9 Å². The van der Waals surface area contributed by atoms with Gasteiger partial charge in [-0.25, -0.2) is 0 Å². The first-order chi connectivity index (χ1) is 27.1. The first-order valence-electron chi connectivity index (χ1n) is 18.7. The number of amides is 5. The molecule has 3 aliphatic heterocycles. The number of nitrogens with one attached hydrogen (secondary N) is 5. The number of nitrogens with zero attached hydrogens (tertiary/aromatic N) is 1. The fourth-order valence-corrected chi connectivity index (χ4v) is 6.72. The molecule has 56 heavy (non-hydrogen) atoms. The normalized spacial score (nSPS) is 19.9. The monoisotopic (exact) mass is 768 g/mol. The number of carbonyl (C=O) groups is 5. The summed E-state index contributed by atoms with van der Waals surface area (Å²) in [7, 11) is 1.48. The van der Waals surface area contributed by atoms with Crippen LogP contribution in [0.5, 0.6) is 17.2 Å². The third kappa shape index (κ3) is 9.76. The van der Waals surface area contributed by atoms with Crippen molar-refractivity contribution in [1.82, 2.24) is 31.2 Å². The molecule has 4 aromatic rings. The Morgan fingerprint density at radius 3 is 2.48 bits per heavy atom. The average Bonchev–Trinajstić information content (AvgIpc) is 3.61. The minimum Gasteiger partial charge on any atom is -0.492 e. The molecule has 296 valence electrons. The minimum absolute atomic E-state index is 0.0204. The number of aromatic nitrogens is 1. The van der Waals surface area contributed by atoms with Crippen molar-refractivity contribution in [2.45, 2.75) is 44.8 Å². The molecule has 0 radical (unpaired) electrons. The molecule has 2 bridgehead atoms. The Morgan fingerprint density at radius 1 is 0.911 bits per heavy atom. The van der Waals surface area contributed by atoms with Gasteiger partial charge in [0.25, 0.3) is 5.91 Å². The number of fused-ring (bicyclic) bond motifs is 19. The summed E-state index contributed by atoms with van der Waals surface area (Å²) in [4.78, 5) is 74.3. The third-order valence-corrected chi connectivity index (χ3v) is 9.66. The zero-order valence-corrected chi connectivity index (χ0v) is 31.7. The van der Waals surface area contributed by atoms with E-state index < -0.39 is 48.3 Å². The molecular weight excluding hydrogens is 720 g/mol. The minimum atomic E-state index is -1.18. The Balaban J connectivity index is 1.37. The second-order valence-electron chi connectivity index (χ2n) is 14.0. The Kier molecular flexibility index (Phi) is 13.1. The van der Waals surface area contributed by atoms with E-state index in [1.807, 2.05) is 38.1 Å². The standard InChI is InChI=1S/C41H48N6O9/c1-25(2)36-40(51)42-15-17-54-28-13-11-26(12-14-28)21-32(44-38(49)30-8-6-10-34-37(30)56-20-19-55-34)39(50)45-33(22-27-23-43-31-9-5-4-7-29(27)31)41(52)47(16-18-53-3)24-35(48)46-36/h4-14,23,25,32-33,36,43H,15-22,24H2,1-3H3,(H,42,51)(H,44,49)(H,45,50)(H,46,48)/t32-,33-,36-/m0/s1. The Bertz CT molecular complexity index is 2030. The first kappa shape index (κ1) is 39.6. The van der Waals surface area contributed by atoms with E-state index in [2.05, 4.69) is 26.3 Å². The Morgan fingerprint density at radius 2 is 1.70 bits per heavy atom. The number of methoxy groups -OCH3 is 1. The predicted molar refractivity (Wildman–Crippen MR) is 206 cm³/mol. The molecule has 5 amide bonds. The molecule has 0 saturated heterocycles. The summed E-state index contributed by atoms with van der Waals surface area (Å²) >= 11 is 0. The van der Waals surface area contributed by atoms with E-state index in [0.29, 0.717) is 23.7 Å². The molecule has 5 N–H and O–H groups in total. The molecule has 1 aromatic heterocycles. The van der Waals surface area contributed by atoms with Gasteiger partial charge in [0.15, 0.2) is 11.5 Å². The molecule has 0 saturated carbocycles. The molecule has 15 nitrogen and oxygen atoms in total. The van der Waals surface area contributed by atoms with Crippen molar-refractivity contribution < 1.29 is 42.9 Å². The lowest BCUT2D eigenvalue weighted by Gasteiger charge is -2.30. The van der Waals surface area contributed by atoms with Gasteiger partial charge in [-0.15, -0.1) is 0 Å². The first-order valence-corrected chi connectivity index (χ1v) is 18.7. The van der Waals surface area contributed by atoms with E-state index >= 15 is 0 Å². The van der Waals surface area contributed by atoms with Crippen molar-refractivity contribution in [2.24, 2.45) is 5.92 Å². The molecular formula is C41H48N6O9. The van der Waals surface area contributed by atoms with Crippen molar-refractivity contribution in [3.05, 3.63) is 89.6 Å². The quantitative estimate of drug-likeness (QED) is 0.167. The van der Waals surface area contributed by atoms with Crippen molar-refractivity contribution in [3.8, 4) is 17.2 Å². The summed E-state index contributed by atoms with van der Waals surface area (Å²) in [6, 6.07) is 16.4. The van der Waals surface area contributed by atoms with E-state index in [-0.39, 0.29) is 68.9 Å². The summed E-state index contributed by atoms with van der Waals surface area (Å²) in [5, 5.41) is 12.3. The summed E-state index contributed by atoms with van der Waals surface area (Å²) in [6.07, 6.45) is 1.89. The van der Waals surface area contributed by atoms with E-state index in [0.717, 1.165) is 16.5 Å². The van der Waals surface area contributed by atoms with Gasteiger partial charge in [-0.1, -0.05) is 50.2 Å². The van der Waals surface area contributed by atoms with Crippen LogP contribution >= 0.6 is 0 Å². The van der Waals surface area contributed by atoms with Gasteiger partial charge in [0.05, 0.1) is 25.3 Å². The van der Waals surface area contributed by atoms with Crippen molar-refractivity contribution in [1.29, 1.82) is 0 Å². The largest absolute Gasteiger partial charge is 0.492 e. The van der Waals surface area contributed by atoms with Crippen molar-refractivity contribution >= 4 is 40.4 Å². The molecule has 0 unspecified atom stereocenters. The van der Waals surface area contributed by atoms with E-state index in [1.165, 1.54) is 12.0 Å². The van der Waals surface area contributed by atoms with Gasteiger partial charge < -0.3 is 50.1 Å². The fourth-order valence-electron chi connectivity index (χ4n) is 6.72. The highest BCUT2D eigenvalue weighted by molar-refractivity contribution is 6.01. The summed E-state index contributed by atoms with van der Waals surface area (Å²) in [5.41, 5.74) is 2.50. The summed E-state index contributed by atoms with van der Waals surface area (Å²) < 4.78 is 22.6.